The second kappa shape index (κ2) is 5.46. The first-order valence-corrected chi connectivity index (χ1v) is 7.40. The Morgan fingerprint density at radius 2 is 2.05 bits per heavy atom. The van der Waals surface area contributed by atoms with Crippen LogP contribution in [0.25, 0.3) is 0 Å². The zero-order valence-corrected chi connectivity index (χ0v) is 12.4. The van der Waals surface area contributed by atoms with Crippen molar-refractivity contribution in [2.45, 2.75) is 37.4 Å². The summed E-state index contributed by atoms with van der Waals surface area (Å²) in [6, 6.07) is 1.93. The number of amides is 1. The summed E-state index contributed by atoms with van der Waals surface area (Å²) < 4.78 is 0. The van der Waals surface area contributed by atoms with Gasteiger partial charge in [-0.1, -0.05) is 11.8 Å². The number of nitrogens with one attached hydrogen (secondary N) is 1. The summed E-state index contributed by atoms with van der Waals surface area (Å²) in [5.41, 5.74) is 6.84. The second-order valence-corrected chi connectivity index (χ2v) is 6.02. The van der Waals surface area contributed by atoms with Gasteiger partial charge in [0, 0.05) is 17.1 Å². The van der Waals surface area contributed by atoms with E-state index >= 15 is 0 Å². The van der Waals surface area contributed by atoms with Crippen molar-refractivity contribution >= 4 is 17.7 Å². The highest BCUT2D eigenvalue weighted by Gasteiger charge is 2.48. The summed E-state index contributed by atoms with van der Waals surface area (Å²) in [5.74, 6) is 0.634. The molecule has 1 heterocycles. The fourth-order valence-corrected chi connectivity index (χ4v) is 3.60. The summed E-state index contributed by atoms with van der Waals surface area (Å²) in [6.45, 7) is 3.89. The summed E-state index contributed by atoms with van der Waals surface area (Å²) >= 11 is 1.49. The van der Waals surface area contributed by atoms with E-state index in [1.165, 1.54) is 11.8 Å². The molecule has 1 amide bonds. The van der Waals surface area contributed by atoms with Gasteiger partial charge in [0.2, 0.25) is 5.91 Å². The first-order valence-electron chi connectivity index (χ1n) is 6.42. The van der Waals surface area contributed by atoms with Crippen LogP contribution in [-0.2, 0) is 4.79 Å². The lowest BCUT2D eigenvalue weighted by atomic mass is 9.95. The Morgan fingerprint density at radius 3 is 2.47 bits per heavy atom. The highest BCUT2D eigenvalue weighted by molar-refractivity contribution is 7.99. The molecular formula is C13H20N4OS. The number of likely N-dealkylation sites (N-methyl/N-ethyl adjacent to an activating group) is 1. The van der Waals surface area contributed by atoms with Gasteiger partial charge in [0.15, 0.2) is 5.16 Å². The van der Waals surface area contributed by atoms with Crippen LogP contribution in [0.5, 0.6) is 0 Å². The molecule has 6 heteroatoms. The minimum absolute atomic E-state index is 0.283. The third-order valence-electron chi connectivity index (χ3n) is 3.55. The standard InChI is InChI=1S/C13H20N4OS/c1-8-6-9(2)17-12(16-8)19-7-13(15-3,11(14)18)10-4-5-10/h6,10,15H,4-5,7H2,1-3H3,(H2,14,18). The fourth-order valence-electron chi connectivity index (χ4n) is 2.30. The van der Waals surface area contributed by atoms with Crippen molar-refractivity contribution in [1.82, 2.24) is 15.3 Å². The molecule has 1 unspecified atom stereocenters. The van der Waals surface area contributed by atoms with Crippen molar-refractivity contribution in [2.24, 2.45) is 11.7 Å². The first-order chi connectivity index (χ1) is 8.98. The predicted molar refractivity (Wildman–Crippen MR) is 75.9 cm³/mol. The summed E-state index contributed by atoms with van der Waals surface area (Å²) in [4.78, 5) is 20.6. The van der Waals surface area contributed by atoms with E-state index in [-0.39, 0.29) is 5.91 Å². The zero-order chi connectivity index (χ0) is 14.0. The summed E-state index contributed by atoms with van der Waals surface area (Å²) in [7, 11) is 1.80. The topological polar surface area (TPSA) is 80.9 Å². The van der Waals surface area contributed by atoms with E-state index < -0.39 is 5.54 Å². The van der Waals surface area contributed by atoms with Crippen LogP contribution in [-0.4, -0.2) is 34.2 Å². The number of aromatic nitrogens is 2. The molecule has 1 fully saturated rings. The van der Waals surface area contributed by atoms with Crippen molar-refractivity contribution in [2.75, 3.05) is 12.8 Å². The smallest absolute Gasteiger partial charge is 0.238 e. The van der Waals surface area contributed by atoms with E-state index in [1.807, 2.05) is 19.9 Å². The first kappa shape index (κ1) is 14.3. The Morgan fingerprint density at radius 1 is 1.47 bits per heavy atom. The van der Waals surface area contributed by atoms with E-state index in [0.29, 0.717) is 16.8 Å². The highest BCUT2D eigenvalue weighted by atomic mass is 32.2. The van der Waals surface area contributed by atoms with Crippen LogP contribution in [0.3, 0.4) is 0 Å². The van der Waals surface area contributed by atoms with Crippen molar-refractivity contribution < 1.29 is 4.79 Å². The average molecular weight is 280 g/mol. The number of hydrogen-bond acceptors (Lipinski definition) is 5. The largest absolute Gasteiger partial charge is 0.368 e. The number of nitrogens with two attached hydrogens (primary N) is 1. The van der Waals surface area contributed by atoms with Gasteiger partial charge in [-0.05, 0) is 45.7 Å². The molecule has 2 rings (SSSR count). The van der Waals surface area contributed by atoms with Crippen molar-refractivity contribution in [3.63, 3.8) is 0 Å². The molecule has 1 saturated carbocycles. The van der Waals surface area contributed by atoms with Gasteiger partial charge in [0.05, 0.1) is 0 Å². The van der Waals surface area contributed by atoms with Crippen molar-refractivity contribution in [3.8, 4) is 0 Å². The number of carbonyl (C=O) groups excluding carboxylic acids is 1. The molecule has 3 N–H and O–H groups in total. The van der Waals surface area contributed by atoms with E-state index in [2.05, 4.69) is 15.3 Å². The fraction of sp³-hybridized carbons (Fsp3) is 0.615. The van der Waals surface area contributed by atoms with Gasteiger partial charge >= 0.3 is 0 Å². The Kier molecular flexibility index (Phi) is 4.10. The number of hydrogen-bond donors (Lipinski definition) is 2. The van der Waals surface area contributed by atoms with Gasteiger partial charge in [0.25, 0.3) is 0 Å². The number of carbonyl (C=O) groups is 1. The van der Waals surface area contributed by atoms with Crippen LogP contribution >= 0.6 is 11.8 Å². The van der Waals surface area contributed by atoms with Crippen LogP contribution in [0.2, 0.25) is 0 Å². The highest BCUT2D eigenvalue weighted by Crippen LogP contribution is 2.41. The maximum absolute atomic E-state index is 11.8. The van der Waals surface area contributed by atoms with Gasteiger partial charge in [-0.2, -0.15) is 0 Å². The number of primary amides is 1. The molecule has 0 saturated heterocycles. The molecule has 1 aliphatic rings. The Balaban J connectivity index is 2.12. The molecule has 1 atom stereocenters. The molecule has 104 valence electrons. The summed E-state index contributed by atoms with van der Waals surface area (Å²) in [6.07, 6.45) is 2.11. The lowest BCUT2D eigenvalue weighted by Gasteiger charge is -2.29. The quantitative estimate of drug-likeness (QED) is 0.601. The minimum atomic E-state index is -0.633. The second-order valence-electron chi connectivity index (χ2n) is 5.08. The lowest BCUT2D eigenvalue weighted by Crippen LogP contribution is -2.57. The molecule has 0 aliphatic heterocycles. The Hall–Kier alpha value is -1.14. The third kappa shape index (κ3) is 3.06. The number of aryl methyl sites for hydroxylation is 2. The zero-order valence-electron chi connectivity index (χ0n) is 11.6. The van der Waals surface area contributed by atoms with Gasteiger partial charge in [0.1, 0.15) is 5.54 Å². The molecule has 0 spiro atoms. The van der Waals surface area contributed by atoms with Crippen LogP contribution in [0.4, 0.5) is 0 Å². The molecular weight excluding hydrogens is 260 g/mol. The van der Waals surface area contributed by atoms with E-state index in [0.717, 1.165) is 24.2 Å². The van der Waals surface area contributed by atoms with Gasteiger partial charge < -0.3 is 11.1 Å². The lowest BCUT2D eigenvalue weighted by molar-refractivity contribution is -0.124. The molecule has 19 heavy (non-hydrogen) atoms. The van der Waals surface area contributed by atoms with E-state index in [1.54, 1.807) is 7.05 Å². The number of nitrogens with zero attached hydrogens (tertiary/aromatic N) is 2. The Bertz CT molecular complexity index is 469. The van der Waals surface area contributed by atoms with Crippen molar-refractivity contribution in [3.05, 3.63) is 17.5 Å². The SMILES string of the molecule is CNC(CSc1nc(C)cc(C)n1)(C(N)=O)C1CC1. The molecule has 1 aromatic rings. The molecule has 1 aromatic heterocycles. The normalized spacial score (nSPS) is 18.1. The van der Waals surface area contributed by atoms with Crippen molar-refractivity contribution in [1.29, 1.82) is 0 Å². The van der Waals surface area contributed by atoms with Gasteiger partial charge in [-0.3, -0.25) is 4.79 Å². The summed E-state index contributed by atoms with van der Waals surface area (Å²) in [5, 5.41) is 3.83. The molecule has 0 radical (unpaired) electrons. The molecule has 1 aliphatic carbocycles. The van der Waals surface area contributed by atoms with Crippen LogP contribution < -0.4 is 11.1 Å². The van der Waals surface area contributed by atoms with Gasteiger partial charge in [-0.15, -0.1) is 0 Å². The molecule has 5 nitrogen and oxygen atoms in total. The van der Waals surface area contributed by atoms with E-state index in [4.69, 9.17) is 5.73 Å². The van der Waals surface area contributed by atoms with Crippen LogP contribution in [0.15, 0.2) is 11.2 Å². The number of rotatable bonds is 6. The maximum atomic E-state index is 11.8. The average Bonchev–Trinajstić information content (AvgIpc) is 3.13. The predicted octanol–water partition coefficient (Wildman–Crippen LogP) is 1.04. The maximum Gasteiger partial charge on any atom is 0.238 e. The molecule has 0 aromatic carbocycles. The minimum Gasteiger partial charge on any atom is -0.368 e. The van der Waals surface area contributed by atoms with E-state index in [9.17, 15) is 4.79 Å². The third-order valence-corrected chi connectivity index (χ3v) is 4.59. The monoisotopic (exact) mass is 280 g/mol. The van der Waals surface area contributed by atoms with Gasteiger partial charge in [-0.25, -0.2) is 9.97 Å². The molecule has 0 bridgehead atoms. The Labute approximate surface area is 117 Å². The van der Waals surface area contributed by atoms with Crippen LogP contribution in [0, 0.1) is 19.8 Å². The number of thioether (sulfide) groups is 1. The van der Waals surface area contributed by atoms with Crippen LogP contribution in [0.1, 0.15) is 24.2 Å².